The van der Waals surface area contributed by atoms with Crippen molar-refractivity contribution in [3.8, 4) is 0 Å². The molecule has 0 fully saturated rings. The topological polar surface area (TPSA) is 0 Å². The lowest BCUT2D eigenvalue weighted by Crippen LogP contribution is -2.14. The highest BCUT2D eigenvalue weighted by atomic mass is 127. The summed E-state index contributed by atoms with van der Waals surface area (Å²) in [6, 6.07) is 0. The van der Waals surface area contributed by atoms with Crippen molar-refractivity contribution in [2.45, 2.75) is 39.5 Å². The van der Waals surface area contributed by atoms with E-state index in [0.717, 1.165) is 11.8 Å². The number of hydrogen-bond donors (Lipinski definition) is 0. The molecule has 0 aliphatic heterocycles. The van der Waals surface area contributed by atoms with Gasteiger partial charge in [-0.15, -0.1) is 0 Å². The number of alkyl halides is 2. The fraction of sp³-hybridized carbons (Fsp3) is 1.00. The van der Waals surface area contributed by atoms with E-state index < -0.39 is 0 Å². The van der Waals surface area contributed by atoms with E-state index in [0.29, 0.717) is 0 Å². The summed E-state index contributed by atoms with van der Waals surface area (Å²) < 4.78 is 2.67. The summed E-state index contributed by atoms with van der Waals surface area (Å²) in [5.41, 5.74) is 0. The van der Waals surface area contributed by atoms with Gasteiger partial charge in [0.05, 0.1) is 0 Å². The van der Waals surface area contributed by atoms with E-state index in [1.807, 2.05) is 0 Å². The highest BCUT2D eigenvalue weighted by Crippen LogP contribution is 2.26. The maximum atomic E-state index is 2.54. The van der Waals surface area contributed by atoms with Crippen LogP contribution in [0, 0.1) is 11.8 Å². The van der Waals surface area contributed by atoms with E-state index in [9.17, 15) is 0 Å². The zero-order chi connectivity index (χ0) is 9.40. The van der Waals surface area contributed by atoms with E-state index >= 15 is 0 Å². The average molecular weight is 394 g/mol. The van der Waals surface area contributed by atoms with E-state index in [1.165, 1.54) is 34.5 Å². The van der Waals surface area contributed by atoms with Gasteiger partial charge in [0.25, 0.3) is 0 Å². The maximum Gasteiger partial charge on any atom is 0.00262 e. The van der Waals surface area contributed by atoms with Crippen LogP contribution >= 0.6 is 45.2 Å². The first-order valence-corrected chi connectivity index (χ1v) is 7.97. The summed E-state index contributed by atoms with van der Waals surface area (Å²) in [4.78, 5) is 0. The summed E-state index contributed by atoms with van der Waals surface area (Å²) >= 11 is 5.02. The summed E-state index contributed by atoms with van der Waals surface area (Å²) in [6.45, 7) is 4.67. The van der Waals surface area contributed by atoms with Crippen LogP contribution in [-0.2, 0) is 0 Å². The second-order valence-corrected chi connectivity index (χ2v) is 5.28. The van der Waals surface area contributed by atoms with Gasteiger partial charge in [-0.25, -0.2) is 0 Å². The molecule has 0 N–H and O–H groups in total. The molecule has 0 spiro atoms. The monoisotopic (exact) mass is 394 g/mol. The quantitative estimate of drug-likeness (QED) is 0.434. The van der Waals surface area contributed by atoms with E-state index in [-0.39, 0.29) is 0 Å². The molecule has 0 rings (SSSR count). The Balaban J connectivity index is 3.75. The minimum atomic E-state index is 0.971. The number of halogens is 2. The van der Waals surface area contributed by atoms with Gasteiger partial charge in [0, 0.05) is 4.43 Å². The third-order valence-electron chi connectivity index (χ3n) is 2.62. The van der Waals surface area contributed by atoms with Crippen LogP contribution in [0.15, 0.2) is 0 Å². The van der Waals surface area contributed by atoms with Gasteiger partial charge in [0.1, 0.15) is 0 Å². The molecule has 0 nitrogen and oxygen atoms in total. The van der Waals surface area contributed by atoms with Crippen molar-refractivity contribution in [1.82, 2.24) is 0 Å². The highest BCUT2D eigenvalue weighted by molar-refractivity contribution is 14.1. The lowest BCUT2D eigenvalue weighted by molar-refractivity contribution is 0.325. The summed E-state index contributed by atoms with van der Waals surface area (Å²) in [7, 11) is 0. The fourth-order valence-electron chi connectivity index (χ4n) is 1.68. The largest absolute Gasteiger partial charge is 0.0864 e. The predicted molar refractivity (Wildman–Crippen MR) is 74.6 cm³/mol. The van der Waals surface area contributed by atoms with E-state index in [2.05, 4.69) is 59.0 Å². The van der Waals surface area contributed by atoms with Crippen LogP contribution in [0.4, 0.5) is 0 Å². The van der Waals surface area contributed by atoms with E-state index in [4.69, 9.17) is 0 Å². The molecule has 0 bridgehead atoms. The fourth-order valence-corrected chi connectivity index (χ4v) is 3.46. The molecular formula is C10H20I2. The Hall–Kier alpha value is 1.46. The Labute approximate surface area is 105 Å². The molecule has 0 aromatic rings. The highest BCUT2D eigenvalue weighted by Gasteiger charge is 2.16. The molecule has 74 valence electrons. The molecule has 0 amide bonds. The molecule has 0 saturated carbocycles. The van der Waals surface area contributed by atoms with Gasteiger partial charge in [0.2, 0.25) is 0 Å². The van der Waals surface area contributed by atoms with Crippen LogP contribution in [0.25, 0.3) is 0 Å². The number of rotatable bonds is 7. The van der Waals surface area contributed by atoms with Crippen LogP contribution in [0.1, 0.15) is 39.5 Å². The normalized spacial score (nSPS) is 16.0. The molecule has 0 radical (unpaired) electrons. The van der Waals surface area contributed by atoms with Gasteiger partial charge in [-0.05, 0) is 29.1 Å². The van der Waals surface area contributed by atoms with Crippen molar-refractivity contribution in [3.05, 3.63) is 0 Å². The molecule has 0 aliphatic carbocycles. The smallest absolute Gasteiger partial charge is 0.00262 e. The lowest BCUT2D eigenvalue weighted by atomic mass is 9.86. The van der Waals surface area contributed by atoms with Gasteiger partial charge in [-0.3, -0.25) is 0 Å². The first-order chi connectivity index (χ1) is 5.79. The second-order valence-electron chi connectivity index (χ2n) is 3.32. The third kappa shape index (κ3) is 5.25. The van der Waals surface area contributed by atoms with Gasteiger partial charge in [-0.2, -0.15) is 0 Å². The Morgan fingerprint density at radius 1 is 1.00 bits per heavy atom. The lowest BCUT2D eigenvalue weighted by Gasteiger charge is -2.22. The average Bonchev–Trinajstić information content (AvgIpc) is 2.12. The SMILES string of the molecule is CCC(CI)C(CC)CCCI. The molecule has 2 atom stereocenters. The molecule has 2 unspecified atom stereocenters. The summed E-state index contributed by atoms with van der Waals surface area (Å²) in [5.74, 6) is 1.96. The van der Waals surface area contributed by atoms with Gasteiger partial charge >= 0.3 is 0 Å². The van der Waals surface area contributed by atoms with Crippen LogP contribution in [0.2, 0.25) is 0 Å². The van der Waals surface area contributed by atoms with Crippen molar-refractivity contribution in [1.29, 1.82) is 0 Å². The van der Waals surface area contributed by atoms with Gasteiger partial charge in [0.15, 0.2) is 0 Å². The minimum absolute atomic E-state index is 0.971. The van der Waals surface area contributed by atoms with Crippen LogP contribution in [-0.4, -0.2) is 8.86 Å². The van der Waals surface area contributed by atoms with Crippen LogP contribution < -0.4 is 0 Å². The molecule has 0 saturated heterocycles. The Morgan fingerprint density at radius 3 is 1.92 bits per heavy atom. The Kier molecular flexibility index (Phi) is 10.1. The summed E-state index contributed by atoms with van der Waals surface area (Å²) in [6.07, 6.45) is 5.59. The Morgan fingerprint density at radius 2 is 1.58 bits per heavy atom. The van der Waals surface area contributed by atoms with Crippen molar-refractivity contribution < 1.29 is 0 Å². The van der Waals surface area contributed by atoms with Crippen molar-refractivity contribution in [2.24, 2.45) is 11.8 Å². The van der Waals surface area contributed by atoms with E-state index in [1.54, 1.807) is 0 Å². The predicted octanol–water partition coefficient (Wildman–Crippen LogP) is 4.69. The maximum absolute atomic E-state index is 2.54. The molecule has 2 heteroatoms. The van der Waals surface area contributed by atoms with Crippen LogP contribution in [0.3, 0.4) is 0 Å². The molecular weight excluding hydrogens is 374 g/mol. The molecule has 0 heterocycles. The Bertz CT molecular complexity index is 89.8. The van der Waals surface area contributed by atoms with Crippen LogP contribution in [0.5, 0.6) is 0 Å². The van der Waals surface area contributed by atoms with Crippen molar-refractivity contribution >= 4 is 45.2 Å². The van der Waals surface area contributed by atoms with Crippen molar-refractivity contribution in [2.75, 3.05) is 8.86 Å². The first kappa shape index (κ1) is 13.5. The standard InChI is InChI=1S/C10H20I2/c1-3-9(6-5-7-11)10(4-2)8-12/h9-10H,3-8H2,1-2H3. The number of hydrogen-bond acceptors (Lipinski definition) is 0. The second kappa shape index (κ2) is 9.03. The van der Waals surface area contributed by atoms with Gasteiger partial charge in [-0.1, -0.05) is 71.9 Å². The van der Waals surface area contributed by atoms with Gasteiger partial charge < -0.3 is 0 Å². The molecule has 12 heavy (non-hydrogen) atoms. The summed E-state index contributed by atoms with van der Waals surface area (Å²) in [5, 5.41) is 0. The zero-order valence-electron chi connectivity index (χ0n) is 8.15. The molecule has 0 aromatic heterocycles. The zero-order valence-corrected chi connectivity index (χ0v) is 12.5. The molecule has 0 aromatic carbocycles. The third-order valence-corrected chi connectivity index (χ3v) is 4.52. The first-order valence-electron chi connectivity index (χ1n) is 4.92. The van der Waals surface area contributed by atoms with Crippen molar-refractivity contribution in [3.63, 3.8) is 0 Å². The minimum Gasteiger partial charge on any atom is -0.0864 e. The molecule has 0 aliphatic rings.